The Bertz CT molecular complexity index is 365. The summed E-state index contributed by atoms with van der Waals surface area (Å²) in [5, 5.41) is 12.4. The third-order valence-electron chi connectivity index (χ3n) is 5.05. The summed E-state index contributed by atoms with van der Waals surface area (Å²) in [5.41, 5.74) is 0. The predicted molar refractivity (Wildman–Crippen MR) is 81.2 cm³/mol. The highest BCUT2D eigenvalue weighted by atomic mass is 16.4. The molecule has 1 aliphatic heterocycles. The predicted octanol–water partition coefficient (Wildman–Crippen LogP) is 2.99. The molecule has 2 amide bonds. The number of amides is 2. The van der Waals surface area contributed by atoms with Crippen molar-refractivity contribution in [1.29, 1.82) is 0 Å². The second-order valence-corrected chi connectivity index (χ2v) is 6.47. The number of hydrogen-bond acceptors (Lipinski definition) is 2. The lowest BCUT2D eigenvalue weighted by Gasteiger charge is -2.32. The number of nitrogens with one attached hydrogen (secondary N) is 1. The average molecular weight is 296 g/mol. The molecule has 2 rings (SSSR count). The zero-order chi connectivity index (χ0) is 15.2. The lowest BCUT2D eigenvalue weighted by Crippen LogP contribution is -2.52. The van der Waals surface area contributed by atoms with Gasteiger partial charge in [-0.15, -0.1) is 0 Å². The van der Waals surface area contributed by atoms with Gasteiger partial charge in [-0.25, -0.2) is 9.59 Å². The number of rotatable bonds is 3. The van der Waals surface area contributed by atoms with E-state index >= 15 is 0 Å². The second-order valence-electron chi connectivity index (χ2n) is 6.47. The Morgan fingerprint density at radius 3 is 2.43 bits per heavy atom. The van der Waals surface area contributed by atoms with Gasteiger partial charge in [0.2, 0.25) is 0 Å². The van der Waals surface area contributed by atoms with E-state index in [1.54, 1.807) is 4.90 Å². The molecule has 1 aliphatic carbocycles. The first-order valence-electron chi connectivity index (χ1n) is 8.41. The molecule has 5 heteroatoms. The van der Waals surface area contributed by atoms with Crippen molar-refractivity contribution in [3.05, 3.63) is 0 Å². The second kappa shape index (κ2) is 7.66. The normalized spacial score (nSPS) is 30.5. The molecular weight excluding hydrogens is 268 g/mol. The molecule has 0 aromatic heterocycles. The fourth-order valence-corrected chi connectivity index (χ4v) is 3.58. The van der Waals surface area contributed by atoms with Crippen molar-refractivity contribution in [3.63, 3.8) is 0 Å². The molecule has 0 radical (unpaired) electrons. The van der Waals surface area contributed by atoms with E-state index in [-0.39, 0.29) is 12.1 Å². The molecule has 0 spiro atoms. The molecule has 1 saturated heterocycles. The van der Waals surface area contributed by atoms with Crippen molar-refractivity contribution >= 4 is 12.0 Å². The molecule has 2 N–H and O–H groups in total. The molecule has 0 bridgehead atoms. The maximum Gasteiger partial charge on any atom is 0.326 e. The number of aliphatic carboxylic acids is 1. The third-order valence-corrected chi connectivity index (χ3v) is 5.05. The van der Waals surface area contributed by atoms with E-state index < -0.39 is 12.0 Å². The van der Waals surface area contributed by atoms with Crippen LogP contribution in [0.2, 0.25) is 0 Å². The van der Waals surface area contributed by atoms with Crippen LogP contribution in [0.3, 0.4) is 0 Å². The number of carbonyl (C=O) groups is 2. The molecule has 21 heavy (non-hydrogen) atoms. The average Bonchev–Trinajstić information content (AvgIpc) is 2.74. The van der Waals surface area contributed by atoms with Gasteiger partial charge in [-0.1, -0.05) is 26.2 Å². The number of carboxylic acid groups (broad SMARTS) is 1. The lowest BCUT2D eigenvalue weighted by atomic mass is 9.84. The summed E-state index contributed by atoms with van der Waals surface area (Å²) in [6, 6.07) is -0.610. The Kier molecular flexibility index (Phi) is 5.88. The van der Waals surface area contributed by atoms with Gasteiger partial charge >= 0.3 is 12.0 Å². The standard InChI is InChI=1S/C16H28N2O3/c1-2-12-7-9-13(10-8-12)17-16(21)18-11-5-3-4-6-14(18)15(19)20/h12-14H,2-11H2,1H3,(H,17,21)(H,19,20). The SMILES string of the molecule is CCC1CCC(NC(=O)N2CCCCCC2C(=O)O)CC1. The van der Waals surface area contributed by atoms with E-state index in [1.807, 2.05) is 0 Å². The lowest BCUT2D eigenvalue weighted by molar-refractivity contribution is -0.142. The van der Waals surface area contributed by atoms with Gasteiger partial charge in [0.05, 0.1) is 0 Å². The first-order chi connectivity index (χ1) is 10.1. The molecule has 0 aromatic carbocycles. The summed E-state index contributed by atoms with van der Waals surface area (Å²) < 4.78 is 0. The molecule has 2 aliphatic rings. The third kappa shape index (κ3) is 4.35. The fraction of sp³-hybridized carbons (Fsp3) is 0.875. The fourth-order valence-electron chi connectivity index (χ4n) is 3.58. The monoisotopic (exact) mass is 296 g/mol. The molecule has 5 nitrogen and oxygen atoms in total. The molecule has 2 fully saturated rings. The van der Waals surface area contributed by atoms with Crippen LogP contribution >= 0.6 is 0 Å². The van der Waals surface area contributed by atoms with Crippen LogP contribution in [0.4, 0.5) is 4.79 Å². The van der Waals surface area contributed by atoms with Gasteiger partial charge in [-0.05, 0) is 44.4 Å². The van der Waals surface area contributed by atoms with Crippen LogP contribution in [0, 0.1) is 5.92 Å². The Balaban J connectivity index is 1.90. The van der Waals surface area contributed by atoms with E-state index in [0.29, 0.717) is 13.0 Å². The maximum atomic E-state index is 12.4. The van der Waals surface area contributed by atoms with E-state index in [1.165, 1.54) is 19.3 Å². The molecule has 1 atom stereocenters. The van der Waals surface area contributed by atoms with Crippen molar-refractivity contribution in [2.45, 2.75) is 76.8 Å². The number of likely N-dealkylation sites (tertiary alicyclic amines) is 1. The smallest absolute Gasteiger partial charge is 0.326 e. The Hall–Kier alpha value is -1.26. The van der Waals surface area contributed by atoms with Crippen LogP contribution in [-0.2, 0) is 4.79 Å². The minimum Gasteiger partial charge on any atom is -0.480 e. The van der Waals surface area contributed by atoms with Gasteiger partial charge in [0, 0.05) is 12.6 Å². The highest BCUT2D eigenvalue weighted by Crippen LogP contribution is 2.27. The number of hydrogen-bond donors (Lipinski definition) is 2. The van der Waals surface area contributed by atoms with Crippen molar-refractivity contribution in [3.8, 4) is 0 Å². The summed E-state index contributed by atoms with van der Waals surface area (Å²) in [6.07, 6.45) is 8.98. The minimum atomic E-state index is -0.873. The first-order valence-corrected chi connectivity index (χ1v) is 8.41. The topological polar surface area (TPSA) is 69.6 Å². The summed E-state index contributed by atoms with van der Waals surface area (Å²) in [6.45, 7) is 2.78. The van der Waals surface area contributed by atoms with Crippen LogP contribution in [0.5, 0.6) is 0 Å². The minimum absolute atomic E-state index is 0.177. The van der Waals surface area contributed by atoms with E-state index in [2.05, 4.69) is 12.2 Å². The number of nitrogens with zero attached hydrogens (tertiary/aromatic N) is 1. The van der Waals surface area contributed by atoms with Gasteiger partial charge < -0.3 is 15.3 Å². The molecule has 120 valence electrons. The summed E-state index contributed by atoms with van der Waals surface area (Å²) in [4.78, 5) is 25.4. The summed E-state index contributed by atoms with van der Waals surface area (Å²) >= 11 is 0. The molecule has 0 aromatic rings. The van der Waals surface area contributed by atoms with E-state index in [4.69, 9.17) is 0 Å². The molecule has 1 heterocycles. The largest absolute Gasteiger partial charge is 0.480 e. The van der Waals surface area contributed by atoms with E-state index in [9.17, 15) is 14.7 Å². The maximum absolute atomic E-state index is 12.4. The Labute approximate surface area is 127 Å². The van der Waals surface area contributed by atoms with Crippen molar-refractivity contribution < 1.29 is 14.7 Å². The van der Waals surface area contributed by atoms with Crippen LogP contribution in [0.15, 0.2) is 0 Å². The van der Waals surface area contributed by atoms with Crippen molar-refractivity contribution in [1.82, 2.24) is 10.2 Å². The van der Waals surface area contributed by atoms with Gasteiger partial charge in [-0.2, -0.15) is 0 Å². The highest BCUT2D eigenvalue weighted by Gasteiger charge is 2.32. The first kappa shape index (κ1) is 16.1. The Morgan fingerprint density at radius 2 is 1.81 bits per heavy atom. The van der Waals surface area contributed by atoms with Crippen LogP contribution in [0.1, 0.15) is 64.7 Å². The Morgan fingerprint density at radius 1 is 1.10 bits per heavy atom. The highest BCUT2D eigenvalue weighted by molar-refractivity contribution is 5.82. The molecule has 1 unspecified atom stereocenters. The molecular formula is C16H28N2O3. The van der Waals surface area contributed by atoms with Crippen molar-refractivity contribution in [2.24, 2.45) is 5.92 Å². The summed E-state index contributed by atoms with van der Waals surface area (Å²) in [7, 11) is 0. The van der Waals surface area contributed by atoms with Crippen molar-refractivity contribution in [2.75, 3.05) is 6.54 Å². The zero-order valence-corrected chi connectivity index (χ0v) is 13.0. The number of urea groups is 1. The van der Waals surface area contributed by atoms with Crippen LogP contribution in [0.25, 0.3) is 0 Å². The zero-order valence-electron chi connectivity index (χ0n) is 13.0. The van der Waals surface area contributed by atoms with Gasteiger partial charge in [0.25, 0.3) is 0 Å². The number of carbonyl (C=O) groups excluding carboxylic acids is 1. The number of carboxylic acids is 1. The quantitative estimate of drug-likeness (QED) is 0.841. The molecule has 1 saturated carbocycles. The van der Waals surface area contributed by atoms with Gasteiger partial charge in [0.1, 0.15) is 6.04 Å². The van der Waals surface area contributed by atoms with E-state index in [0.717, 1.165) is 38.0 Å². The van der Waals surface area contributed by atoms with Gasteiger partial charge in [0.15, 0.2) is 0 Å². The van der Waals surface area contributed by atoms with Gasteiger partial charge in [-0.3, -0.25) is 0 Å². The van der Waals surface area contributed by atoms with Crippen LogP contribution < -0.4 is 5.32 Å². The summed E-state index contributed by atoms with van der Waals surface area (Å²) in [5.74, 6) is -0.0788. The van der Waals surface area contributed by atoms with Crippen LogP contribution in [-0.4, -0.2) is 40.6 Å².